The molecule has 21 heavy (non-hydrogen) atoms. The van der Waals surface area contributed by atoms with E-state index in [9.17, 15) is 22.8 Å². The van der Waals surface area contributed by atoms with Gasteiger partial charge >= 0.3 is 5.97 Å². The molecule has 1 aromatic carbocycles. The molecular weight excluding hydrogens is 291 g/mol. The monoisotopic (exact) mass is 299 g/mol. The molecule has 0 saturated heterocycles. The molecule has 0 saturated carbocycles. The molecule has 110 valence electrons. The lowest BCUT2D eigenvalue weighted by atomic mass is 10.2. The van der Waals surface area contributed by atoms with Crippen LogP contribution in [0, 0.1) is 17.5 Å². The molecule has 0 unspecified atom stereocenters. The SMILES string of the molecule is O=C(O)c1ccc(CNC(=O)c2ccc(F)c(F)c2F)o1. The summed E-state index contributed by atoms with van der Waals surface area (Å²) >= 11 is 0. The second-order valence-corrected chi connectivity index (χ2v) is 3.98. The Balaban J connectivity index is 2.08. The van der Waals surface area contributed by atoms with Gasteiger partial charge < -0.3 is 14.8 Å². The minimum atomic E-state index is -1.74. The first-order valence-corrected chi connectivity index (χ1v) is 5.64. The smallest absolute Gasteiger partial charge is 0.371 e. The molecule has 0 aliphatic heterocycles. The van der Waals surface area contributed by atoms with Crippen molar-refractivity contribution >= 4 is 11.9 Å². The maximum absolute atomic E-state index is 13.4. The number of carbonyl (C=O) groups excluding carboxylic acids is 1. The van der Waals surface area contributed by atoms with Crippen LogP contribution in [-0.2, 0) is 6.54 Å². The predicted molar refractivity (Wildman–Crippen MR) is 63.2 cm³/mol. The van der Waals surface area contributed by atoms with Gasteiger partial charge in [-0.1, -0.05) is 0 Å². The van der Waals surface area contributed by atoms with E-state index in [1.165, 1.54) is 12.1 Å². The Morgan fingerprint density at radius 1 is 1.10 bits per heavy atom. The largest absolute Gasteiger partial charge is 0.475 e. The van der Waals surface area contributed by atoms with Gasteiger partial charge in [0.25, 0.3) is 5.91 Å². The van der Waals surface area contributed by atoms with E-state index in [4.69, 9.17) is 9.52 Å². The number of furan rings is 1. The van der Waals surface area contributed by atoms with Crippen molar-refractivity contribution in [2.75, 3.05) is 0 Å². The Morgan fingerprint density at radius 2 is 1.81 bits per heavy atom. The Bertz CT molecular complexity index is 711. The number of hydrogen-bond acceptors (Lipinski definition) is 3. The van der Waals surface area contributed by atoms with Crippen molar-refractivity contribution in [2.24, 2.45) is 0 Å². The van der Waals surface area contributed by atoms with Crippen molar-refractivity contribution < 1.29 is 32.3 Å². The maximum atomic E-state index is 13.4. The minimum absolute atomic E-state index is 0.115. The molecule has 2 rings (SSSR count). The molecule has 0 bridgehead atoms. The number of carboxylic acids is 1. The summed E-state index contributed by atoms with van der Waals surface area (Å²) < 4.78 is 44.0. The van der Waals surface area contributed by atoms with Crippen LogP contribution in [0.2, 0.25) is 0 Å². The highest BCUT2D eigenvalue weighted by molar-refractivity contribution is 5.94. The van der Waals surface area contributed by atoms with Crippen LogP contribution in [0.4, 0.5) is 13.2 Å². The number of nitrogens with one attached hydrogen (secondary N) is 1. The van der Waals surface area contributed by atoms with Gasteiger partial charge in [0.2, 0.25) is 5.76 Å². The minimum Gasteiger partial charge on any atom is -0.475 e. The number of rotatable bonds is 4. The van der Waals surface area contributed by atoms with Gasteiger partial charge in [-0.05, 0) is 24.3 Å². The third-order valence-corrected chi connectivity index (χ3v) is 2.58. The van der Waals surface area contributed by atoms with Crippen molar-refractivity contribution in [1.82, 2.24) is 5.32 Å². The van der Waals surface area contributed by atoms with Crippen LogP contribution in [0.15, 0.2) is 28.7 Å². The zero-order valence-corrected chi connectivity index (χ0v) is 10.3. The van der Waals surface area contributed by atoms with Crippen LogP contribution in [0.1, 0.15) is 26.7 Å². The highest BCUT2D eigenvalue weighted by Gasteiger charge is 2.19. The average Bonchev–Trinajstić information content (AvgIpc) is 2.91. The summed E-state index contributed by atoms with van der Waals surface area (Å²) in [5.41, 5.74) is -0.668. The Hall–Kier alpha value is -2.77. The fourth-order valence-corrected chi connectivity index (χ4v) is 1.55. The van der Waals surface area contributed by atoms with Crippen LogP contribution >= 0.6 is 0 Å². The van der Waals surface area contributed by atoms with Crippen LogP contribution in [-0.4, -0.2) is 17.0 Å². The predicted octanol–water partition coefficient (Wildman–Crippen LogP) is 2.33. The number of carbonyl (C=O) groups is 2. The number of carboxylic acid groups (broad SMARTS) is 1. The van der Waals surface area contributed by atoms with E-state index in [2.05, 4.69) is 5.32 Å². The average molecular weight is 299 g/mol. The zero-order valence-electron chi connectivity index (χ0n) is 10.3. The number of hydrogen-bond donors (Lipinski definition) is 2. The molecule has 2 N–H and O–H groups in total. The van der Waals surface area contributed by atoms with Crippen LogP contribution in [0.5, 0.6) is 0 Å². The van der Waals surface area contributed by atoms with Crippen LogP contribution in [0.25, 0.3) is 0 Å². The fraction of sp³-hybridized carbons (Fsp3) is 0.0769. The lowest BCUT2D eigenvalue weighted by Gasteiger charge is -2.05. The van der Waals surface area contributed by atoms with E-state index < -0.39 is 34.9 Å². The van der Waals surface area contributed by atoms with Crippen LogP contribution < -0.4 is 5.32 Å². The summed E-state index contributed by atoms with van der Waals surface area (Å²) in [7, 11) is 0. The van der Waals surface area contributed by atoms with E-state index in [0.29, 0.717) is 6.07 Å². The summed E-state index contributed by atoms with van der Waals surface area (Å²) in [5, 5.41) is 10.8. The van der Waals surface area contributed by atoms with Crippen molar-refractivity contribution in [1.29, 1.82) is 0 Å². The molecule has 0 fully saturated rings. The van der Waals surface area contributed by atoms with Gasteiger partial charge in [-0.2, -0.15) is 0 Å². The lowest BCUT2D eigenvalue weighted by molar-refractivity contribution is 0.0660. The first-order valence-electron chi connectivity index (χ1n) is 5.64. The lowest BCUT2D eigenvalue weighted by Crippen LogP contribution is -2.24. The molecule has 5 nitrogen and oxygen atoms in total. The molecule has 0 spiro atoms. The molecule has 1 aromatic heterocycles. The Morgan fingerprint density at radius 3 is 2.43 bits per heavy atom. The normalized spacial score (nSPS) is 10.4. The first kappa shape index (κ1) is 14.6. The molecule has 0 atom stereocenters. The van der Waals surface area contributed by atoms with Gasteiger partial charge in [0.05, 0.1) is 12.1 Å². The summed E-state index contributed by atoms with van der Waals surface area (Å²) in [6, 6.07) is 3.92. The third-order valence-electron chi connectivity index (χ3n) is 2.58. The summed E-state index contributed by atoms with van der Waals surface area (Å²) in [6.07, 6.45) is 0. The van der Waals surface area contributed by atoms with Crippen molar-refractivity contribution in [2.45, 2.75) is 6.54 Å². The molecule has 0 aliphatic carbocycles. The van der Waals surface area contributed by atoms with Gasteiger partial charge in [0, 0.05) is 0 Å². The van der Waals surface area contributed by atoms with Crippen molar-refractivity contribution in [3.05, 3.63) is 58.8 Å². The van der Waals surface area contributed by atoms with Gasteiger partial charge in [-0.3, -0.25) is 4.79 Å². The van der Waals surface area contributed by atoms with Crippen molar-refractivity contribution in [3.8, 4) is 0 Å². The highest BCUT2D eigenvalue weighted by atomic mass is 19.2. The molecule has 2 aromatic rings. The quantitative estimate of drug-likeness (QED) is 0.849. The second kappa shape index (κ2) is 5.70. The summed E-state index contributed by atoms with van der Waals surface area (Å²) in [4.78, 5) is 22.2. The molecule has 0 radical (unpaired) electrons. The van der Waals surface area contributed by atoms with E-state index >= 15 is 0 Å². The van der Waals surface area contributed by atoms with Gasteiger partial charge in [-0.25, -0.2) is 18.0 Å². The Labute approximate surface area is 116 Å². The maximum Gasteiger partial charge on any atom is 0.371 e. The third kappa shape index (κ3) is 3.04. The number of amides is 1. The fourth-order valence-electron chi connectivity index (χ4n) is 1.55. The number of halogens is 3. The number of aromatic carboxylic acids is 1. The molecule has 8 heteroatoms. The topological polar surface area (TPSA) is 79.5 Å². The van der Waals surface area contributed by atoms with E-state index in [1.54, 1.807) is 0 Å². The number of benzene rings is 1. The second-order valence-electron chi connectivity index (χ2n) is 3.98. The van der Waals surface area contributed by atoms with Gasteiger partial charge in [-0.15, -0.1) is 0 Å². The van der Waals surface area contributed by atoms with Gasteiger partial charge in [0.1, 0.15) is 5.76 Å². The Kier molecular flexibility index (Phi) is 3.97. The molecule has 1 heterocycles. The van der Waals surface area contributed by atoms with Gasteiger partial charge in [0.15, 0.2) is 17.5 Å². The summed E-state index contributed by atoms with van der Waals surface area (Å²) in [5.74, 6) is -7.21. The zero-order chi connectivity index (χ0) is 15.6. The molecule has 0 aliphatic rings. The van der Waals surface area contributed by atoms with E-state index in [0.717, 1.165) is 6.07 Å². The standard InChI is InChI=1S/C13H8F3NO4/c14-8-3-2-7(10(15)11(8)16)12(18)17-5-6-1-4-9(21-6)13(19)20/h1-4H,5H2,(H,17,18)(H,19,20). The molecule has 1 amide bonds. The molecular formula is C13H8F3NO4. The first-order chi connectivity index (χ1) is 9.90. The highest BCUT2D eigenvalue weighted by Crippen LogP contribution is 2.15. The van der Waals surface area contributed by atoms with Crippen LogP contribution in [0.3, 0.4) is 0 Å². The van der Waals surface area contributed by atoms with E-state index in [1.807, 2.05) is 0 Å². The van der Waals surface area contributed by atoms with E-state index in [-0.39, 0.29) is 18.1 Å². The van der Waals surface area contributed by atoms with Crippen molar-refractivity contribution in [3.63, 3.8) is 0 Å². The summed E-state index contributed by atoms with van der Waals surface area (Å²) in [6.45, 7) is -0.232.